The first-order valence-corrected chi connectivity index (χ1v) is 6.79. The minimum atomic E-state index is 0.152. The van der Waals surface area contributed by atoms with Crippen LogP contribution in [-0.2, 0) is 0 Å². The molecule has 0 bridgehead atoms. The first-order chi connectivity index (χ1) is 10.7. The highest BCUT2D eigenvalue weighted by atomic mass is 16.5. The molecule has 0 saturated heterocycles. The van der Waals surface area contributed by atoms with Crippen molar-refractivity contribution in [2.75, 3.05) is 14.2 Å². The maximum atomic E-state index is 10.0. The molecule has 3 aromatic rings. The van der Waals surface area contributed by atoms with Crippen LogP contribution in [0.3, 0.4) is 0 Å². The van der Waals surface area contributed by atoms with Crippen LogP contribution in [0.2, 0.25) is 0 Å². The van der Waals surface area contributed by atoms with E-state index in [1.54, 1.807) is 32.4 Å². The van der Waals surface area contributed by atoms with E-state index in [-0.39, 0.29) is 5.75 Å². The summed E-state index contributed by atoms with van der Waals surface area (Å²) in [6.07, 6.45) is 0. The van der Waals surface area contributed by atoms with Crippen LogP contribution in [-0.4, -0.2) is 29.5 Å². The molecule has 5 heteroatoms. The highest BCUT2D eigenvalue weighted by molar-refractivity contribution is 5.75. The lowest BCUT2D eigenvalue weighted by Crippen LogP contribution is -1.87. The number of rotatable bonds is 4. The fourth-order valence-corrected chi connectivity index (χ4v) is 2.31. The Hall–Kier alpha value is -2.95. The van der Waals surface area contributed by atoms with E-state index in [1.165, 1.54) is 0 Å². The van der Waals surface area contributed by atoms with E-state index in [0.29, 0.717) is 17.0 Å². The van der Waals surface area contributed by atoms with Gasteiger partial charge < -0.3 is 14.6 Å². The van der Waals surface area contributed by atoms with E-state index >= 15 is 0 Å². The van der Waals surface area contributed by atoms with Crippen molar-refractivity contribution >= 4 is 0 Å². The van der Waals surface area contributed by atoms with Gasteiger partial charge in [-0.3, -0.25) is 5.10 Å². The summed E-state index contributed by atoms with van der Waals surface area (Å²) in [5, 5.41) is 17.3. The van der Waals surface area contributed by atoms with E-state index < -0.39 is 0 Å². The Kier molecular flexibility index (Phi) is 3.70. The second-order valence-electron chi connectivity index (χ2n) is 4.75. The van der Waals surface area contributed by atoms with E-state index in [0.717, 1.165) is 17.0 Å². The zero-order valence-corrected chi connectivity index (χ0v) is 12.3. The van der Waals surface area contributed by atoms with Crippen molar-refractivity contribution < 1.29 is 14.6 Å². The zero-order chi connectivity index (χ0) is 15.5. The van der Waals surface area contributed by atoms with Crippen molar-refractivity contribution in [3.8, 4) is 39.8 Å². The monoisotopic (exact) mass is 296 g/mol. The van der Waals surface area contributed by atoms with Gasteiger partial charge in [0.2, 0.25) is 0 Å². The third-order valence-electron chi connectivity index (χ3n) is 3.45. The molecule has 0 fully saturated rings. The SMILES string of the molecule is COc1ccc(O)c(-c2cc(-c3ccccc3OC)[nH]n2)c1. The predicted octanol–water partition coefficient (Wildman–Crippen LogP) is 3.47. The Balaban J connectivity index is 2.04. The van der Waals surface area contributed by atoms with Crippen LogP contribution in [0.5, 0.6) is 17.2 Å². The number of methoxy groups -OCH3 is 2. The molecule has 1 aromatic heterocycles. The Morgan fingerprint density at radius 2 is 1.77 bits per heavy atom. The molecule has 0 amide bonds. The summed E-state index contributed by atoms with van der Waals surface area (Å²) in [6.45, 7) is 0. The number of ether oxygens (including phenoxy) is 2. The van der Waals surface area contributed by atoms with Gasteiger partial charge >= 0.3 is 0 Å². The average Bonchev–Trinajstić information content (AvgIpc) is 3.05. The van der Waals surface area contributed by atoms with Crippen molar-refractivity contribution in [3.63, 3.8) is 0 Å². The smallest absolute Gasteiger partial charge is 0.128 e. The molecule has 5 nitrogen and oxygen atoms in total. The number of nitrogens with one attached hydrogen (secondary N) is 1. The Labute approximate surface area is 128 Å². The number of aromatic nitrogens is 2. The lowest BCUT2D eigenvalue weighted by atomic mass is 10.1. The minimum Gasteiger partial charge on any atom is -0.507 e. The van der Waals surface area contributed by atoms with Crippen LogP contribution in [0.1, 0.15) is 0 Å². The number of para-hydroxylation sites is 1. The molecular formula is C17H16N2O3. The number of phenols is 1. The third kappa shape index (κ3) is 2.48. The van der Waals surface area contributed by atoms with E-state index in [1.807, 2.05) is 30.3 Å². The van der Waals surface area contributed by atoms with Gasteiger partial charge in [0.15, 0.2) is 0 Å². The summed E-state index contributed by atoms with van der Waals surface area (Å²) < 4.78 is 10.5. The number of nitrogens with zero attached hydrogens (tertiary/aromatic N) is 1. The van der Waals surface area contributed by atoms with Crippen molar-refractivity contribution in [2.45, 2.75) is 0 Å². The maximum absolute atomic E-state index is 10.0. The van der Waals surface area contributed by atoms with Gasteiger partial charge in [0.25, 0.3) is 0 Å². The number of H-pyrrole nitrogens is 1. The summed E-state index contributed by atoms with van der Waals surface area (Å²) in [4.78, 5) is 0. The van der Waals surface area contributed by atoms with Gasteiger partial charge in [-0.2, -0.15) is 5.10 Å². The minimum absolute atomic E-state index is 0.152. The van der Waals surface area contributed by atoms with Crippen LogP contribution in [0.25, 0.3) is 22.5 Å². The second-order valence-corrected chi connectivity index (χ2v) is 4.75. The number of aromatic hydroxyl groups is 1. The molecule has 1 heterocycles. The highest BCUT2D eigenvalue weighted by Gasteiger charge is 2.13. The molecule has 0 spiro atoms. The lowest BCUT2D eigenvalue weighted by Gasteiger charge is -2.05. The molecule has 0 radical (unpaired) electrons. The Morgan fingerprint density at radius 3 is 2.55 bits per heavy atom. The Morgan fingerprint density at radius 1 is 0.955 bits per heavy atom. The molecule has 3 rings (SSSR count). The largest absolute Gasteiger partial charge is 0.507 e. The fraction of sp³-hybridized carbons (Fsp3) is 0.118. The molecule has 0 aliphatic carbocycles. The molecule has 0 aliphatic rings. The van der Waals surface area contributed by atoms with Crippen molar-refractivity contribution in [1.29, 1.82) is 0 Å². The number of aromatic amines is 1. The van der Waals surface area contributed by atoms with Gasteiger partial charge in [-0.25, -0.2) is 0 Å². The fourth-order valence-electron chi connectivity index (χ4n) is 2.31. The number of benzene rings is 2. The summed E-state index contributed by atoms with van der Waals surface area (Å²) in [7, 11) is 3.21. The molecule has 112 valence electrons. The average molecular weight is 296 g/mol. The van der Waals surface area contributed by atoms with E-state index in [9.17, 15) is 5.11 Å². The number of hydrogen-bond donors (Lipinski definition) is 2. The summed E-state index contributed by atoms with van der Waals surface area (Å²) in [5.41, 5.74) is 2.97. The molecule has 0 unspecified atom stereocenters. The standard InChI is InChI=1S/C17H16N2O3/c1-21-11-7-8-16(20)13(9-11)15-10-14(18-19-15)12-5-3-4-6-17(12)22-2/h3-10,20H,1-2H3,(H,18,19). The second kappa shape index (κ2) is 5.81. The van der Waals surface area contributed by atoms with Crippen LogP contribution >= 0.6 is 0 Å². The molecule has 22 heavy (non-hydrogen) atoms. The molecule has 0 saturated carbocycles. The molecule has 0 aliphatic heterocycles. The van der Waals surface area contributed by atoms with Crippen LogP contribution in [0.4, 0.5) is 0 Å². The summed E-state index contributed by atoms with van der Waals surface area (Å²) in [5.74, 6) is 1.57. The number of phenolic OH excluding ortho intramolecular Hbond substituents is 1. The summed E-state index contributed by atoms with van der Waals surface area (Å²) >= 11 is 0. The van der Waals surface area contributed by atoms with Gasteiger partial charge in [0.05, 0.1) is 25.6 Å². The predicted molar refractivity (Wildman–Crippen MR) is 84.2 cm³/mol. The van der Waals surface area contributed by atoms with Crippen molar-refractivity contribution in [3.05, 3.63) is 48.5 Å². The Bertz CT molecular complexity index is 796. The van der Waals surface area contributed by atoms with Crippen molar-refractivity contribution in [1.82, 2.24) is 10.2 Å². The maximum Gasteiger partial charge on any atom is 0.128 e. The quantitative estimate of drug-likeness (QED) is 0.773. The van der Waals surface area contributed by atoms with Gasteiger partial charge in [-0.05, 0) is 36.4 Å². The van der Waals surface area contributed by atoms with Crippen LogP contribution in [0, 0.1) is 0 Å². The van der Waals surface area contributed by atoms with Gasteiger partial charge in [0.1, 0.15) is 17.2 Å². The topological polar surface area (TPSA) is 67.4 Å². The lowest BCUT2D eigenvalue weighted by molar-refractivity contribution is 0.412. The summed E-state index contributed by atoms with van der Waals surface area (Å²) in [6, 6.07) is 14.6. The van der Waals surface area contributed by atoms with Crippen molar-refractivity contribution in [2.24, 2.45) is 0 Å². The molecule has 0 atom stereocenters. The zero-order valence-electron chi connectivity index (χ0n) is 12.3. The number of hydrogen-bond acceptors (Lipinski definition) is 4. The molecule has 2 aromatic carbocycles. The molecular weight excluding hydrogens is 280 g/mol. The third-order valence-corrected chi connectivity index (χ3v) is 3.45. The normalized spacial score (nSPS) is 10.5. The van der Waals surface area contributed by atoms with E-state index in [4.69, 9.17) is 9.47 Å². The van der Waals surface area contributed by atoms with Crippen LogP contribution in [0.15, 0.2) is 48.5 Å². The van der Waals surface area contributed by atoms with E-state index in [2.05, 4.69) is 10.2 Å². The van der Waals surface area contributed by atoms with Gasteiger partial charge in [0, 0.05) is 11.1 Å². The van der Waals surface area contributed by atoms with Gasteiger partial charge in [-0.15, -0.1) is 0 Å². The molecule has 2 N–H and O–H groups in total. The first-order valence-electron chi connectivity index (χ1n) is 6.79. The highest BCUT2D eigenvalue weighted by Crippen LogP contribution is 2.35. The first kappa shape index (κ1) is 14.0. The van der Waals surface area contributed by atoms with Crippen LogP contribution < -0.4 is 9.47 Å². The van der Waals surface area contributed by atoms with Gasteiger partial charge in [-0.1, -0.05) is 12.1 Å².